The van der Waals surface area contributed by atoms with Gasteiger partial charge in [0.05, 0.1) is 168 Å². The smallest absolute Gasteiger partial charge is 0.270 e. The van der Waals surface area contributed by atoms with Crippen molar-refractivity contribution in [3.05, 3.63) is 191 Å². The molecule has 4 saturated heterocycles. The normalized spacial score (nSPS) is 15.9. The Bertz CT molecular complexity index is 5030. The van der Waals surface area contributed by atoms with Crippen molar-refractivity contribution in [3.8, 4) is 17.6 Å². The van der Waals surface area contributed by atoms with E-state index < -0.39 is 0 Å². The minimum atomic E-state index is 0. The number of nitrogen functional groups attached to an aromatic ring is 6. The number of nitrogens with two attached hydrogens (primary N) is 6. The predicted octanol–water partition coefficient (Wildman–Crippen LogP) is 12.2. The number of pyridine rings is 6. The fourth-order valence-electron chi connectivity index (χ4n) is 15.3. The van der Waals surface area contributed by atoms with Crippen LogP contribution in [0.1, 0.15) is 72.6 Å². The molecule has 16 rings (SSSR count). The fourth-order valence-corrected chi connectivity index (χ4v) is 15.3. The van der Waals surface area contributed by atoms with Crippen molar-refractivity contribution < 1.29 is 41.4 Å². The van der Waals surface area contributed by atoms with Gasteiger partial charge in [-0.05, 0) is 120 Å². The molecule has 664 valence electrons. The van der Waals surface area contributed by atoms with Crippen LogP contribution in [0.5, 0.6) is 17.6 Å². The van der Waals surface area contributed by atoms with Gasteiger partial charge in [0.15, 0.2) is 11.6 Å². The maximum Gasteiger partial charge on any atom is 0.270 e. The van der Waals surface area contributed by atoms with Crippen LogP contribution in [0.4, 0.5) is 51.6 Å². The van der Waals surface area contributed by atoms with Crippen LogP contribution in [0.25, 0.3) is 33.1 Å². The zero-order chi connectivity index (χ0) is 81.6. The standard InChI is InChI=1S/C16H26N5.C16H27N4O.C14H22N5.C14H21N4O2.C12H19N4O.C12H17N4.6CH3/c1-21(11-5-2-6-12-21)13-7-9-18-16-15(17)14-8-3-4-10-20(14)19-16;1-12(2)20(5,13(3)4)10-11-21-16-15(17)14-8-6-7-9-19(14)18-16;1-19(2,3)11-7-9-17(10-11)14-13(15)12-6-4-5-8-18(12)16-14;1-18(6-9-19-10-7-18)8-11-20-14-13(15)12-4-2-3-5-17(12)16-14;1-16(2,3)8-9-17-12-11(13)10-6-4-5-7-15(10)14-12;1-16(8-4-5-9-16)12-11(13)10-6-2-3-7-15(10)14-12;;;;;;/h3-4,8,10H,2,5-7,9,11-13,17H2,1H3,(H,18,19);6-9,12-13H,10-11,17H2,1-5H3;4-6,8,11H,7,9-10,15H2,1-3H3;2-5H,6-11,15H2,1H3;4-7H,8-9,13H2,1-3H3;2-3,6-7H,4-5,8-9,13H2,1H3;6*1H3/q6*+1;6*-1. The van der Waals surface area contributed by atoms with Gasteiger partial charge in [0.2, 0.25) is 0 Å². The van der Waals surface area contributed by atoms with Crippen LogP contribution in [-0.4, -0.2) is 287 Å². The molecule has 0 amide bonds. The molecule has 12 aromatic rings. The molecular formula is C90H150N26O4. The molecule has 1 atom stereocenters. The van der Waals surface area contributed by atoms with E-state index in [0.717, 1.165) is 175 Å². The van der Waals surface area contributed by atoms with Crippen LogP contribution >= 0.6 is 0 Å². The summed E-state index contributed by atoms with van der Waals surface area (Å²) < 4.78 is 39.3. The summed E-state index contributed by atoms with van der Waals surface area (Å²) in [5.74, 6) is 4.34. The molecule has 0 saturated carbocycles. The maximum atomic E-state index is 6.24. The van der Waals surface area contributed by atoms with Crippen molar-refractivity contribution in [2.24, 2.45) is 0 Å². The summed E-state index contributed by atoms with van der Waals surface area (Å²) in [6.45, 7) is 26.5. The van der Waals surface area contributed by atoms with Crippen molar-refractivity contribution in [1.29, 1.82) is 0 Å². The first-order valence-corrected chi connectivity index (χ1v) is 40.7. The molecule has 13 N–H and O–H groups in total. The van der Waals surface area contributed by atoms with E-state index in [4.69, 9.17) is 53.3 Å². The predicted molar refractivity (Wildman–Crippen MR) is 502 cm³/mol. The quantitative estimate of drug-likeness (QED) is 0.0188. The highest BCUT2D eigenvalue weighted by atomic mass is 16.5. The van der Waals surface area contributed by atoms with E-state index in [1.165, 1.54) is 62.6 Å². The molecule has 0 bridgehead atoms. The number of likely N-dealkylation sites (N-methyl/N-ethyl adjacent to an activating group) is 4. The van der Waals surface area contributed by atoms with E-state index in [2.05, 4.69) is 139 Å². The minimum absolute atomic E-state index is 0. The van der Waals surface area contributed by atoms with Crippen molar-refractivity contribution >= 4 is 84.7 Å². The number of nitrogens with one attached hydrogen (secondary N) is 1. The van der Waals surface area contributed by atoms with Gasteiger partial charge in [0.25, 0.3) is 23.5 Å². The Morgan fingerprint density at radius 3 is 1.23 bits per heavy atom. The van der Waals surface area contributed by atoms with E-state index in [9.17, 15) is 0 Å². The molecule has 4 fully saturated rings. The van der Waals surface area contributed by atoms with Gasteiger partial charge in [-0.25, -0.2) is 27.1 Å². The highest BCUT2D eigenvalue weighted by Crippen LogP contribution is 2.36. The lowest BCUT2D eigenvalue weighted by Gasteiger charge is -2.42. The largest absolute Gasteiger partial charge is 0.469 e. The van der Waals surface area contributed by atoms with E-state index >= 15 is 0 Å². The van der Waals surface area contributed by atoms with Crippen LogP contribution in [-0.2, 0) is 4.74 Å². The van der Waals surface area contributed by atoms with Gasteiger partial charge >= 0.3 is 0 Å². The molecule has 16 heterocycles. The number of quaternary nitrogens is 6. The Morgan fingerprint density at radius 2 is 0.825 bits per heavy atom. The summed E-state index contributed by atoms with van der Waals surface area (Å²) in [5, 5.41) is 30.2. The lowest BCUT2D eigenvalue weighted by atomic mass is 10.1. The average Bonchev–Trinajstić information content (AvgIpc) is 1.62. The molecule has 30 nitrogen and oxygen atoms in total. The Balaban J connectivity index is 0.000000254. The molecule has 0 aromatic carbocycles. The summed E-state index contributed by atoms with van der Waals surface area (Å²) in [4.78, 5) is 2.32. The molecule has 120 heavy (non-hydrogen) atoms. The average molecular weight is 1660 g/mol. The number of ether oxygens (including phenoxy) is 4. The van der Waals surface area contributed by atoms with E-state index in [1.54, 1.807) is 13.5 Å². The fraction of sp³-hybridized carbons (Fsp3) is 0.467. The van der Waals surface area contributed by atoms with Gasteiger partial charge in [0, 0.05) is 76.0 Å². The second-order valence-electron chi connectivity index (χ2n) is 34.5. The van der Waals surface area contributed by atoms with Crippen LogP contribution in [0.2, 0.25) is 0 Å². The highest BCUT2D eigenvalue weighted by molar-refractivity contribution is 5.83. The summed E-state index contributed by atoms with van der Waals surface area (Å²) in [6, 6.07) is 37.0. The number of fused-ring (bicyclic) bond motifs is 6. The Kier molecular flexibility index (Phi) is 36.5. The Hall–Kier alpha value is -10.3. The van der Waals surface area contributed by atoms with Crippen LogP contribution in [0.15, 0.2) is 146 Å². The lowest BCUT2D eigenvalue weighted by Crippen LogP contribution is -2.56. The highest BCUT2D eigenvalue weighted by Gasteiger charge is 2.37. The van der Waals surface area contributed by atoms with Gasteiger partial charge in [0.1, 0.15) is 92.7 Å². The summed E-state index contributed by atoms with van der Waals surface area (Å²) >= 11 is 0. The first-order chi connectivity index (χ1) is 54.4. The van der Waals surface area contributed by atoms with Gasteiger partial charge in [-0.3, -0.25) is 4.48 Å². The molecule has 4 aliphatic rings. The lowest BCUT2D eigenvalue weighted by molar-refractivity contribution is -0.949. The number of rotatable bonds is 22. The molecule has 0 aliphatic carbocycles. The van der Waals surface area contributed by atoms with Crippen molar-refractivity contribution in [1.82, 2.24) is 62.2 Å². The molecular weight excluding hydrogens is 1510 g/mol. The number of likely N-dealkylation sites (tertiary alicyclic amines) is 2. The second-order valence-corrected chi connectivity index (χ2v) is 34.5. The number of hydrogen-bond acceptors (Lipinski definition) is 18. The number of morpholine rings is 1. The molecule has 4 aliphatic heterocycles. The Morgan fingerprint density at radius 1 is 0.442 bits per heavy atom. The summed E-state index contributed by atoms with van der Waals surface area (Å²) in [6.07, 6.45) is 20.5. The maximum absolute atomic E-state index is 6.24. The van der Waals surface area contributed by atoms with Gasteiger partial charge in [-0.1, -0.05) is 36.4 Å². The number of nitrogens with zero attached hydrogens (tertiary/aromatic N) is 19. The molecule has 1 unspecified atom stereocenters. The zero-order valence-corrected chi connectivity index (χ0v) is 76.4. The third kappa shape index (κ3) is 24.7. The number of hydrogen-bond donors (Lipinski definition) is 7. The summed E-state index contributed by atoms with van der Waals surface area (Å²) in [7, 11) is 22.2. The SMILES string of the molecule is CC(C)[N+](C)(CCOc1nn2ccccc2c1N)C(C)C.C[N+](C)(C)C1CCN(c2nn3ccccc3c2N)C1.C[N+](C)(C)CCOc1nn2ccccc2c1N.C[N+]1(CCCNc2nn3ccccc3c2N)CCCCC1.C[N+]1(CCOc2nn3ccccc3c2N)CCOCC1.C[N+]1(c2nn3ccccc3c2N)CCCC1.[CH3-].[CH3-].[CH3-].[CH3-].[CH3-].[CH3-]. The first-order valence-electron chi connectivity index (χ1n) is 40.7. The number of anilines is 8. The first kappa shape index (κ1) is 100. The third-order valence-electron chi connectivity index (χ3n) is 23.6. The zero-order valence-electron chi connectivity index (χ0n) is 76.4. The Labute approximate surface area is 717 Å². The summed E-state index contributed by atoms with van der Waals surface area (Å²) in [5.41, 5.74) is 46.5. The van der Waals surface area contributed by atoms with E-state index in [0.29, 0.717) is 72.6 Å². The minimum Gasteiger partial charge on any atom is -0.469 e. The van der Waals surface area contributed by atoms with Crippen LogP contribution in [0, 0.1) is 44.6 Å². The van der Waals surface area contributed by atoms with Gasteiger partial charge < -0.3 is 131 Å². The van der Waals surface area contributed by atoms with Crippen LogP contribution < -0.4 is 63.3 Å². The third-order valence-corrected chi connectivity index (χ3v) is 23.6. The van der Waals surface area contributed by atoms with Crippen molar-refractivity contribution in [2.75, 3.05) is 233 Å². The topological polar surface area (TPSA) is 312 Å². The van der Waals surface area contributed by atoms with Crippen molar-refractivity contribution in [3.63, 3.8) is 0 Å². The number of aromatic nitrogens is 12. The number of piperidine rings is 1. The van der Waals surface area contributed by atoms with Crippen molar-refractivity contribution in [2.45, 2.75) is 90.8 Å². The van der Waals surface area contributed by atoms with Crippen LogP contribution in [0.3, 0.4) is 0 Å². The molecule has 0 radical (unpaired) electrons. The van der Waals surface area contributed by atoms with Gasteiger partial charge in [-0.15, -0.1) is 30.6 Å². The van der Waals surface area contributed by atoms with E-state index in [-0.39, 0.29) is 44.6 Å². The second kappa shape index (κ2) is 43.8. The molecule has 12 aromatic heterocycles. The molecule has 30 heteroatoms. The molecule has 0 spiro atoms. The van der Waals surface area contributed by atoms with E-state index in [1.807, 2.05) is 160 Å². The van der Waals surface area contributed by atoms with Gasteiger partial charge in [-0.2, -0.15) is 0 Å². The monoisotopic (exact) mass is 1660 g/mol.